The van der Waals surface area contributed by atoms with E-state index >= 15 is 0 Å². The van der Waals surface area contributed by atoms with Crippen molar-refractivity contribution in [1.82, 2.24) is 19.6 Å². The van der Waals surface area contributed by atoms with E-state index in [2.05, 4.69) is 15.2 Å². The Balaban J connectivity index is 2.06. The van der Waals surface area contributed by atoms with Crippen molar-refractivity contribution < 1.29 is 0 Å². The molecule has 0 atom stereocenters. The summed E-state index contributed by atoms with van der Waals surface area (Å²) >= 11 is 5.75. The second kappa shape index (κ2) is 2.92. The van der Waals surface area contributed by atoms with Gasteiger partial charge in [-0.15, -0.1) is 10.2 Å². The van der Waals surface area contributed by atoms with Crippen LogP contribution < -0.4 is 0 Å². The summed E-state index contributed by atoms with van der Waals surface area (Å²) in [7, 11) is 0. The largest absolute Gasteiger partial charge is 0.269 e. The number of hydrogen-bond donors (Lipinski definition) is 0. The van der Waals surface area contributed by atoms with Gasteiger partial charge in [0.25, 0.3) is 0 Å². The van der Waals surface area contributed by atoms with Crippen molar-refractivity contribution in [1.29, 1.82) is 0 Å². The van der Waals surface area contributed by atoms with E-state index in [0.717, 1.165) is 23.8 Å². The van der Waals surface area contributed by atoms with E-state index in [-0.39, 0.29) is 0 Å². The second-order valence-corrected chi connectivity index (χ2v) is 4.09. The molecule has 2 aromatic heterocycles. The number of nitrogens with zero attached hydrogens (tertiary/aromatic N) is 4. The van der Waals surface area contributed by atoms with Crippen LogP contribution in [-0.4, -0.2) is 19.6 Å². The summed E-state index contributed by atoms with van der Waals surface area (Å²) < 4.78 is 1.91. The van der Waals surface area contributed by atoms with Gasteiger partial charge in [0.15, 0.2) is 5.65 Å². The highest BCUT2D eigenvalue weighted by Gasteiger charge is 2.23. The Labute approximate surface area is 85.9 Å². The fourth-order valence-corrected chi connectivity index (χ4v) is 1.68. The number of fused-ring (bicyclic) bond motifs is 1. The lowest BCUT2D eigenvalue weighted by Crippen LogP contribution is -1.96. The van der Waals surface area contributed by atoms with Gasteiger partial charge in [-0.3, -0.25) is 4.40 Å². The monoisotopic (exact) mass is 208 g/mol. The SMILES string of the molecule is Clc1cc2nnc(CC3CC3)n2cn1. The molecule has 14 heavy (non-hydrogen) atoms. The number of aromatic nitrogens is 4. The zero-order valence-corrected chi connectivity index (χ0v) is 8.28. The van der Waals surface area contributed by atoms with E-state index in [1.165, 1.54) is 12.8 Å². The lowest BCUT2D eigenvalue weighted by Gasteiger charge is -1.96. The zero-order valence-electron chi connectivity index (χ0n) is 7.52. The van der Waals surface area contributed by atoms with Crippen molar-refractivity contribution in [3.05, 3.63) is 23.4 Å². The predicted molar refractivity (Wildman–Crippen MR) is 52.2 cm³/mol. The molecule has 1 saturated carbocycles. The van der Waals surface area contributed by atoms with Crippen molar-refractivity contribution in [2.24, 2.45) is 5.92 Å². The molecule has 0 saturated heterocycles. The van der Waals surface area contributed by atoms with Gasteiger partial charge in [-0.25, -0.2) is 4.98 Å². The molecule has 2 heterocycles. The molecule has 1 aliphatic rings. The lowest BCUT2D eigenvalue weighted by molar-refractivity contribution is 0.754. The Hall–Kier alpha value is -1.16. The smallest absolute Gasteiger partial charge is 0.165 e. The predicted octanol–water partition coefficient (Wildman–Crippen LogP) is 1.73. The normalized spacial score (nSPS) is 16.4. The van der Waals surface area contributed by atoms with Crippen LogP contribution in [0.1, 0.15) is 18.7 Å². The molecule has 72 valence electrons. The van der Waals surface area contributed by atoms with Gasteiger partial charge in [-0.2, -0.15) is 0 Å². The summed E-state index contributed by atoms with van der Waals surface area (Å²) in [5, 5.41) is 8.64. The summed E-state index contributed by atoms with van der Waals surface area (Å²) in [6, 6.07) is 1.73. The summed E-state index contributed by atoms with van der Waals surface area (Å²) in [5.74, 6) is 1.80. The van der Waals surface area contributed by atoms with Gasteiger partial charge in [-0.1, -0.05) is 11.6 Å². The molecule has 0 N–H and O–H groups in total. The van der Waals surface area contributed by atoms with E-state index in [0.29, 0.717) is 5.15 Å². The highest BCUT2D eigenvalue weighted by Crippen LogP contribution is 2.32. The van der Waals surface area contributed by atoms with Crippen LogP contribution in [0.15, 0.2) is 12.4 Å². The van der Waals surface area contributed by atoms with Crippen LogP contribution in [0.25, 0.3) is 5.65 Å². The van der Waals surface area contributed by atoms with E-state index in [1.807, 2.05) is 4.40 Å². The van der Waals surface area contributed by atoms with Gasteiger partial charge in [-0.05, 0) is 18.8 Å². The maximum atomic E-state index is 5.75. The Morgan fingerprint density at radius 2 is 2.29 bits per heavy atom. The van der Waals surface area contributed by atoms with Crippen LogP contribution in [-0.2, 0) is 6.42 Å². The highest BCUT2D eigenvalue weighted by atomic mass is 35.5. The van der Waals surface area contributed by atoms with Crippen LogP contribution in [0.2, 0.25) is 5.15 Å². The third-order valence-electron chi connectivity index (χ3n) is 2.51. The van der Waals surface area contributed by atoms with Gasteiger partial charge in [0, 0.05) is 12.5 Å². The molecule has 0 aromatic carbocycles. The molecule has 5 heteroatoms. The second-order valence-electron chi connectivity index (χ2n) is 3.70. The molecule has 4 nitrogen and oxygen atoms in total. The van der Waals surface area contributed by atoms with E-state index in [1.54, 1.807) is 12.4 Å². The summed E-state index contributed by atoms with van der Waals surface area (Å²) in [6.07, 6.45) is 5.33. The molecule has 0 amide bonds. The maximum absolute atomic E-state index is 5.75. The first kappa shape index (κ1) is 8.17. The molecular formula is C9H9ClN4. The lowest BCUT2D eigenvalue weighted by atomic mass is 10.3. The standard InChI is InChI=1S/C9H9ClN4/c10-7-4-9-13-12-8(3-6-1-2-6)14(9)5-11-7/h4-6H,1-3H2. The topological polar surface area (TPSA) is 43.1 Å². The minimum atomic E-state index is 0.461. The average Bonchev–Trinajstić information content (AvgIpc) is 2.89. The van der Waals surface area contributed by atoms with E-state index < -0.39 is 0 Å². The summed E-state index contributed by atoms with van der Waals surface area (Å²) in [5.41, 5.74) is 0.778. The van der Waals surface area contributed by atoms with E-state index in [4.69, 9.17) is 11.6 Å². The van der Waals surface area contributed by atoms with Gasteiger partial charge in [0.2, 0.25) is 0 Å². The molecule has 0 radical (unpaired) electrons. The Morgan fingerprint density at radius 3 is 3.07 bits per heavy atom. The summed E-state index contributed by atoms with van der Waals surface area (Å²) in [4.78, 5) is 4.02. The molecular weight excluding hydrogens is 200 g/mol. The quantitative estimate of drug-likeness (QED) is 0.706. The fourth-order valence-electron chi connectivity index (χ4n) is 1.54. The van der Waals surface area contributed by atoms with Crippen LogP contribution in [0, 0.1) is 5.92 Å². The first-order valence-corrected chi connectivity index (χ1v) is 5.06. The van der Waals surface area contributed by atoms with E-state index in [9.17, 15) is 0 Å². The van der Waals surface area contributed by atoms with Crippen molar-refractivity contribution in [3.63, 3.8) is 0 Å². The van der Waals surface area contributed by atoms with Crippen molar-refractivity contribution >= 4 is 17.2 Å². The highest BCUT2D eigenvalue weighted by molar-refractivity contribution is 6.29. The van der Waals surface area contributed by atoms with Gasteiger partial charge in [0.1, 0.15) is 17.3 Å². The fraction of sp³-hybridized carbons (Fsp3) is 0.444. The van der Waals surface area contributed by atoms with Gasteiger partial charge in [0.05, 0.1) is 0 Å². The third-order valence-corrected chi connectivity index (χ3v) is 2.71. The maximum Gasteiger partial charge on any atom is 0.165 e. The molecule has 2 aromatic rings. The molecule has 1 fully saturated rings. The molecule has 0 unspecified atom stereocenters. The molecule has 0 aliphatic heterocycles. The minimum Gasteiger partial charge on any atom is -0.269 e. The first-order valence-electron chi connectivity index (χ1n) is 4.68. The van der Waals surface area contributed by atoms with Crippen LogP contribution in [0.3, 0.4) is 0 Å². The summed E-state index contributed by atoms with van der Waals surface area (Å²) in [6.45, 7) is 0. The van der Waals surface area contributed by atoms with Crippen LogP contribution >= 0.6 is 11.6 Å². The van der Waals surface area contributed by atoms with Crippen LogP contribution in [0.4, 0.5) is 0 Å². The zero-order chi connectivity index (χ0) is 9.54. The molecule has 3 rings (SSSR count). The number of hydrogen-bond acceptors (Lipinski definition) is 3. The Kier molecular flexibility index (Phi) is 1.70. The number of halogens is 1. The van der Waals surface area contributed by atoms with Crippen molar-refractivity contribution in [3.8, 4) is 0 Å². The molecule has 0 spiro atoms. The van der Waals surface area contributed by atoms with Crippen LogP contribution in [0.5, 0.6) is 0 Å². The average molecular weight is 209 g/mol. The third kappa shape index (κ3) is 1.35. The van der Waals surface area contributed by atoms with Gasteiger partial charge >= 0.3 is 0 Å². The minimum absolute atomic E-state index is 0.461. The Bertz CT molecular complexity index is 475. The van der Waals surface area contributed by atoms with Crippen molar-refractivity contribution in [2.45, 2.75) is 19.3 Å². The van der Waals surface area contributed by atoms with Crippen molar-refractivity contribution in [2.75, 3.05) is 0 Å². The number of rotatable bonds is 2. The van der Waals surface area contributed by atoms with Gasteiger partial charge < -0.3 is 0 Å². The molecule has 1 aliphatic carbocycles. The first-order chi connectivity index (χ1) is 6.83. The molecule has 0 bridgehead atoms. The Morgan fingerprint density at radius 1 is 1.43 bits per heavy atom.